The van der Waals surface area contributed by atoms with Gasteiger partial charge in [0.1, 0.15) is 5.82 Å². The number of fused-ring (bicyclic) bond motifs is 1. The Morgan fingerprint density at radius 1 is 1.04 bits per heavy atom. The topological polar surface area (TPSA) is 67.2 Å². The van der Waals surface area contributed by atoms with E-state index in [9.17, 15) is 13.6 Å². The first-order chi connectivity index (χ1) is 13.5. The van der Waals surface area contributed by atoms with Crippen molar-refractivity contribution in [1.29, 1.82) is 0 Å². The Labute approximate surface area is 160 Å². The first-order valence-electron chi connectivity index (χ1n) is 9.08. The van der Waals surface area contributed by atoms with Gasteiger partial charge >= 0.3 is 0 Å². The van der Waals surface area contributed by atoms with Crippen LogP contribution in [0.2, 0.25) is 0 Å². The maximum Gasteiger partial charge on any atom is 0.261 e. The molecule has 146 valence electrons. The lowest BCUT2D eigenvalue weighted by atomic mass is 10.2. The van der Waals surface area contributed by atoms with Crippen molar-refractivity contribution in [1.82, 2.24) is 19.5 Å². The molecule has 3 aromatic rings. The molecule has 1 aliphatic heterocycles. The Hall–Kier alpha value is -3.10. The molecule has 0 bridgehead atoms. The van der Waals surface area contributed by atoms with Crippen LogP contribution in [0.1, 0.15) is 5.69 Å². The number of nitrogens with zero attached hydrogens (tertiary/aromatic N) is 6. The number of benzene rings is 1. The molecule has 1 fully saturated rings. The van der Waals surface area contributed by atoms with Gasteiger partial charge in [0, 0.05) is 44.3 Å². The number of anilines is 2. The molecule has 3 heterocycles. The number of hydrogen-bond acceptors (Lipinski definition) is 6. The first-order valence-corrected chi connectivity index (χ1v) is 9.08. The number of aryl methyl sites for hydroxylation is 1. The maximum absolute atomic E-state index is 12.6. The third kappa shape index (κ3) is 3.51. The lowest BCUT2D eigenvalue weighted by Gasteiger charge is -2.37. The molecule has 0 aliphatic carbocycles. The molecule has 0 amide bonds. The number of piperazine rings is 1. The van der Waals surface area contributed by atoms with Crippen molar-refractivity contribution in [2.75, 3.05) is 36.0 Å². The predicted molar refractivity (Wildman–Crippen MR) is 103 cm³/mol. The van der Waals surface area contributed by atoms with E-state index in [1.165, 1.54) is 6.33 Å². The van der Waals surface area contributed by atoms with Crippen LogP contribution in [0, 0.1) is 6.92 Å². The number of alkyl halides is 2. The molecule has 1 aromatic carbocycles. The summed E-state index contributed by atoms with van der Waals surface area (Å²) in [6.45, 7) is 4.51. The SMILES string of the molecule is Cc1nccnc1N1CCN(c2ccc3c(=O)n(CC(F)F)cnc3c2)CC1. The number of rotatable bonds is 4. The number of halogens is 2. The Balaban J connectivity index is 1.52. The van der Waals surface area contributed by atoms with Crippen molar-refractivity contribution in [2.45, 2.75) is 19.9 Å². The van der Waals surface area contributed by atoms with Gasteiger partial charge in [-0.1, -0.05) is 0 Å². The molecule has 0 atom stereocenters. The lowest BCUT2D eigenvalue weighted by Crippen LogP contribution is -2.47. The van der Waals surface area contributed by atoms with Crippen molar-refractivity contribution in [3.8, 4) is 0 Å². The normalized spacial score (nSPS) is 14.9. The summed E-state index contributed by atoms with van der Waals surface area (Å²) < 4.78 is 26.1. The fraction of sp³-hybridized carbons (Fsp3) is 0.368. The summed E-state index contributed by atoms with van der Waals surface area (Å²) >= 11 is 0. The lowest BCUT2D eigenvalue weighted by molar-refractivity contribution is 0.125. The number of hydrogen-bond donors (Lipinski definition) is 0. The Bertz CT molecular complexity index is 1050. The van der Waals surface area contributed by atoms with Gasteiger partial charge in [-0.3, -0.25) is 14.3 Å². The van der Waals surface area contributed by atoms with Crippen LogP contribution in [-0.2, 0) is 6.54 Å². The highest BCUT2D eigenvalue weighted by molar-refractivity contribution is 5.81. The van der Waals surface area contributed by atoms with E-state index < -0.39 is 18.5 Å². The minimum Gasteiger partial charge on any atom is -0.368 e. The van der Waals surface area contributed by atoms with Gasteiger partial charge in [-0.15, -0.1) is 0 Å². The van der Waals surface area contributed by atoms with Crippen LogP contribution in [0.3, 0.4) is 0 Å². The van der Waals surface area contributed by atoms with Gasteiger partial charge in [-0.05, 0) is 25.1 Å². The molecule has 9 heteroatoms. The second kappa shape index (κ2) is 7.49. The maximum atomic E-state index is 12.6. The summed E-state index contributed by atoms with van der Waals surface area (Å²) in [5.41, 5.74) is 1.94. The van der Waals surface area contributed by atoms with Gasteiger partial charge in [-0.25, -0.2) is 18.7 Å². The van der Waals surface area contributed by atoms with E-state index in [2.05, 4.69) is 24.8 Å². The van der Waals surface area contributed by atoms with Crippen LogP contribution >= 0.6 is 0 Å². The Kier molecular flexibility index (Phi) is 4.89. The van der Waals surface area contributed by atoms with Crippen molar-refractivity contribution >= 4 is 22.4 Å². The van der Waals surface area contributed by atoms with Crippen LogP contribution in [-0.4, -0.2) is 52.1 Å². The van der Waals surface area contributed by atoms with Crippen LogP contribution in [0.4, 0.5) is 20.3 Å². The third-order valence-corrected chi connectivity index (χ3v) is 4.94. The monoisotopic (exact) mass is 386 g/mol. The summed E-state index contributed by atoms with van der Waals surface area (Å²) in [5, 5.41) is 0.348. The van der Waals surface area contributed by atoms with Crippen molar-refractivity contribution in [2.24, 2.45) is 0 Å². The minimum atomic E-state index is -2.59. The van der Waals surface area contributed by atoms with Crippen LogP contribution in [0.5, 0.6) is 0 Å². The summed E-state index contributed by atoms with van der Waals surface area (Å²) in [4.78, 5) is 29.7. The molecule has 0 N–H and O–H groups in total. The third-order valence-electron chi connectivity index (χ3n) is 4.94. The van der Waals surface area contributed by atoms with E-state index in [0.717, 1.165) is 47.9 Å². The highest BCUT2D eigenvalue weighted by Crippen LogP contribution is 2.22. The second-order valence-electron chi connectivity index (χ2n) is 6.73. The Morgan fingerprint density at radius 3 is 2.46 bits per heavy atom. The minimum absolute atomic E-state index is 0.348. The standard InChI is InChI=1S/C19H20F2N6O/c1-13-18(23-5-4-22-13)26-8-6-25(7-9-26)14-2-3-15-16(10-14)24-12-27(19(15)28)11-17(20)21/h2-5,10,12,17H,6-9,11H2,1H3. The van der Waals surface area contributed by atoms with E-state index >= 15 is 0 Å². The first kappa shape index (κ1) is 18.3. The average Bonchev–Trinajstić information content (AvgIpc) is 2.70. The fourth-order valence-corrected chi connectivity index (χ4v) is 3.51. The van der Waals surface area contributed by atoms with Gasteiger partial charge in [0.05, 0.1) is 29.5 Å². The second-order valence-corrected chi connectivity index (χ2v) is 6.73. The largest absolute Gasteiger partial charge is 0.368 e. The zero-order valence-corrected chi connectivity index (χ0v) is 15.4. The van der Waals surface area contributed by atoms with Crippen molar-refractivity contribution < 1.29 is 8.78 Å². The van der Waals surface area contributed by atoms with E-state index in [0.29, 0.717) is 10.9 Å². The molecule has 2 aromatic heterocycles. The smallest absolute Gasteiger partial charge is 0.261 e. The molecule has 1 saturated heterocycles. The van der Waals surface area contributed by atoms with Gasteiger partial charge in [-0.2, -0.15) is 0 Å². The van der Waals surface area contributed by atoms with Gasteiger partial charge in [0.2, 0.25) is 0 Å². The molecule has 0 radical (unpaired) electrons. The average molecular weight is 386 g/mol. The highest BCUT2D eigenvalue weighted by atomic mass is 19.3. The zero-order valence-electron chi connectivity index (χ0n) is 15.4. The number of aromatic nitrogens is 4. The zero-order chi connectivity index (χ0) is 19.7. The molecule has 7 nitrogen and oxygen atoms in total. The van der Waals surface area contributed by atoms with E-state index in [1.807, 2.05) is 19.1 Å². The molecule has 0 unspecified atom stereocenters. The summed E-state index contributed by atoms with van der Waals surface area (Å²) in [5.74, 6) is 0.905. The molecule has 0 spiro atoms. The van der Waals surface area contributed by atoms with Crippen LogP contribution in [0.25, 0.3) is 10.9 Å². The molecular formula is C19H20F2N6O. The van der Waals surface area contributed by atoms with E-state index in [-0.39, 0.29) is 0 Å². The van der Waals surface area contributed by atoms with E-state index in [4.69, 9.17) is 0 Å². The summed E-state index contributed by atoms with van der Waals surface area (Å²) in [6, 6.07) is 5.36. The van der Waals surface area contributed by atoms with Crippen molar-refractivity contribution in [3.63, 3.8) is 0 Å². The van der Waals surface area contributed by atoms with Gasteiger partial charge in [0.15, 0.2) is 0 Å². The molecular weight excluding hydrogens is 366 g/mol. The van der Waals surface area contributed by atoms with E-state index in [1.54, 1.807) is 18.5 Å². The molecule has 0 saturated carbocycles. The van der Waals surface area contributed by atoms with Crippen LogP contribution in [0.15, 0.2) is 41.7 Å². The predicted octanol–water partition coefficient (Wildman–Crippen LogP) is 2.09. The van der Waals surface area contributed by atoms with Gasteiger partial charge < -0.3 is 9.80 Å². The van der Waals surface area contributed by atoms with Crippen molar-refractivity contribution in [3.05, 3.63) is 53.0 Å². The molecule has 1 aliphatic rings. The summed E-state index contributed by atoms with van der Waals surface area (Å²) in [7, 11) is 0. The highest BCUT2D eigenvalue weighted by Gasteiger charge is 2.20. The molecule has 28 heavy (non-hydrogen) atoms. The van der Waals surface area contributed by atoms with Crippen LogP contribution < -0.4 is 15.4 Å². The fourth-order valence-electron chi connectivity index (χ4n) is 3.51. The Morgan fingerprint density at radius 2 is 1.75 bits per heavy atom. The summed E-state index contributed by atoms with van der Waals surface area (Å²) in [6.07, 6.45) is 1.98. The quantitative estimate of drug-likeness (QED) is 0.684. The molecule has 4 rings (SSSR count). The van der Waals surface area contributed by atoms with Gasteiger partial charge in [0.25, 0.3) is 12.0 Å².